The highest BCUT2D eigenvalue weighted by atomic mass is 19.1. The molecule has 1 amide bonds. The first kappa shape index (κ1) is 15.4. The molecule has 2 heterocycles. The van der Waals surface area contributed by atoms with E-state index >= 15 is 0 Å². The van der Waals surface area contributed by atoms with Gasteiger partial charge in [-0.1, -0.05) is 12.1 Å². The van der Waals surface area contributed by atoms with Crippen LogP contribution in [-0.4, -0.2) is 16.9 Å². The van der Waals surface area contributed by atoms with Gasteiger partial charge in [-0.15, -0.1) is 0 Å². The van der Waals surface area contributed by atoms with Crippen molar-refractivity contribution < 1.29 is 13.6 Å². The molecule has 2 unspecified atom stereocenters. The van der Waals surface area contributed by atoms with Gasteiger partial charge in [-0.3, -0.25) is 9.59 Å². The zero-order chi connectivity index (χ0) is 17.4. The van der Waals surface area contributed by atoms with Crippen LogP contribution in [0.2, 0.25) is 0 Å². The van der Waals surface area contributed by atoms with E-state index in [0.717, 1.165) is 12.0 Å². The number of aromatic nitrogens is 1. The van der Waals surface area contributed by atoms with Crippen LogP contribution >= 0.6 is 0 Å². The molecule has 126 valence electrons. The number of amides is 1. The van der Waals surface area contributed by atoms with Gasteiger partial charge in [0.05, 0.1) is 12.0 Å². The molecule has 5 nitrogen and oxygen atoms in total. The third-order valence-corrected chi connectivity index (χ3v) is 4.35. The zero-order valence-corrected chi connectivity index (χ0v) is 13.2. The molecular weight excluding hydrogens is 323 g/mol. The minimum absolute atomic E-state index is 0.0397. The molecule has 4 rings (SSSR count). The molecule has 6 heteroatoms. The van der Waals surface area contributed by atoms with Crippen molar-refractivity contribution in [2.24, 2.45) is 0 Å². The van der Waals surface area contributed by atoms with Crippen molar-refractivity contribution in [1.82, 2.24) is 10.3 Å². The standard InChI is InChI=1S/C19H15FN2O3/c20-12-5-3-11(4-6-12)14-10-16(14)22-19(24)13-7-8-15(21-18(13)23)17-2-1-9-25-17/h1-9,14,16H,10H2,(H,21,23)(H,22,24). The van der Waals surface area contributed by atoms with Crippen molar-refractivity contribution in [2.75, 3.05) is 0 Å². The molecule has 1 fully saturated rings. The van der Waals surface area contributed by atoms with Crippen LogP contribution in [-0.2, 0) is 0 Å². The van der Waals surface area contributed by atoms with Crippen molar-refractivity contribution in [3.05, 3.63) is 82.1 Å². The average Bonchev–Trinajstić information content (AvgIpc) is 3.14. The Bertz CT molecular complexity index is 961. The molecular formula is C19H15FN2O3. The van der Waals surface area contributed by atoms with Crippen molar-refractivity contribution in [1.29, 1.82) is 0 Å². The fourth-order valence-electron chi connectivity index (χ4n) is 2.91. The van der Waals surface area contributed by atoms with Gasteiger partial charge < -0.3 is 14.7 Å². The molecule has 1 aliphatic rings. The van der Waals surface area contributed by atoms with Gasteiger partial charge in [-0.25, -0.2) is 4.39 Å². The van der Waals surface area contributed by atoms with E-state index in [1.807, 2.05) is 0 Å². The summed E-state index contributed by atoms with van der Waals surface area (Å²) < 4.78 is 18.2. The minimum atomic E-state index is -0.467. The number of rotatable bonds is 4. The van der Waals surface area contributed by atoms with Crippen LogP contribution in [0.1, 0.15) is 28.3 Å². The van der Waals surface area contributed by atoms with E-state index in [-0.39, 0.29) is 23.3 Å². The lowest BCUT2D eigenvalue weighted by atomic mass is 10.1. The molecule has 1 saturated carbocycles. The van der Waals surface area contributed by atoms with Crippen LogP contribution in [0.15, 0.2) is 64.0 Å². The highest BCUT2D eigenvalue weighted by Gasteiger charge is 2.39. The van der Waals surface area contributed by atoms with Crippen LogP contribution in [0.4, 0.5) is 4.39 Å². The van der Waals surface area contributed by atoms with Crippen LogP contribution < -0.4 is 10.9 Å². The highest BCUT2D eigenvalue weighted by Crippen LogP contribution is 2.40. The normalized spacial score (nSPS) is 18.8. The molecule has 1 aliphatic carbocycles. The molecule has 3 aromatic rings. The first-order valence-corrected chi connectivity index (χ1v) is 7.95. The number of aromatic amines is 1. The third kappa shape index (κ3) is 3.10. The Morgan fingerprint density at radius 1 is 1.16 bits per heavy atom. The Balaban J connectivity index is 1.45. The summed E-state index contributed by atoms with van der Waals surface area (Å²) >= 11 is 0. The van der Waals surface area contributed by atoms with E-state index in [9.17, 15) is 14.0 Å². The Morgan fingerprint density at radius 3 is 2.64 bits per heavy atom. The van der Waals surface area contributed by atoms with Gasteiger partial charge in [0.2, 0.25) is 0 Å². The molecule has 2 aromatic heterocycles. The minimum Gasteiger partial charge on any atom is -0.463 e. The van der Waals surface area contributed by atoms with Crippen LogP contribution in [0.25, 0.3) is 11.5 Å². The average molecular weight is 338 g/mol. The second-order valence-electron chi connectivity index (χ2n) is 6.07. The summed E-state index contributed by atoms with van der Waals surface area (Å²) in [4.78, 5) is 27.1. The number of H-pyrrole nitrogens is 1. The molecule has 0 radical (unpaired) electrons. The largest absolute Gasteiger partial charge is 0.463 e. The predicted molar refractivity (Wildman–Crippen MR) is 89.8 cm³/mol. The summed E-state index contributed by atoms with van der Waals surface area (Å²) in [7, 11) is 0. The molecule has 25 heavy (non-hydrogen) atoms. The number of nitrogens with one attached hydrogen (secondary N) is 2. The Morgan fingerprint density at radius 2 is 1.96 bits per heavy atom. The smallest absolute Gasteiger partial charge is 0.261 e. The Labute approximate surface area is 142 Å². The van der Waals surface area contributed by atoms with Gasteiger partial charge in [0.15, 0.2) is 0 Å². The van der Waals surface area contributed by atoms with Gasteiger partial charge in [0.25, 0.3) is 11.5 Å². The molecule has 1 aromatic carbocycles. The first-order valence-electron chi connectivity index (χ1n) is 7.95. The van der Waals surface area contributed by atoms with Gasteiger partial charge in [0, 0.05) is 12.0 Å². The summed E-state index contributed by atoms with van der Waals surface area (Å²) in [5.74, 6) is -0.0105. The van der Waals surface area contributed by atoms with Crippen molar-refractivity contribution in [3.63, 3.8) is 0 Å². The molecule has 2 atom stereocenters. The zero-order valence-electron chi connectivity index (χ0n) is 13.2. The number of furan rings is 1. The predicted octanol–water partition coefficient (Wildman–Crippen LogP) is 3.06. The van der Waals surface area contributed by atoms with Crippen molar-refractivity contribution >= 4 is 5.91 Å². The maximum absolute atomic E-state index is 13.0. The number of hydrogen-bond acceptors (Lipinski definition) is 3. The van der Waals surface area contributed by atoms with Gasteiger partial charge in [0.1, 0.15) is 17.1 Å². The van der Waals surface area contributed by atoms with Crippen molar-refractivity contribution in [3.8, 4) is 11.5 Å². The maximum Gasteiger partial charge on any atom is 0.261 e. The molecule has 0 aliphatic heterocycles. The number of pyridine rings is 1. The van der Waals surface area contributed by atoms with Crippen molar-refractivity contribution in [2.45, 2.75) is 18.4 Å². The van der Waals surface area contributed by atoms with Gasteiger partial charge in [-0.2, -0.15) is 0 Å². The van der Waals surface area contributed by atoms with Crippen LogP contribution in [0.3, 0.4) is 0 Å². The Kier molecular flexibility index (Phi) is 3.72. The van der Waals surface area contributed by atoms with E-state index in [1.54, 1.807) is 30.3 Å². The molecule has 0 saturated heterocycles. The molecule has 2 N–H and O–H groups in total. The van der Waals surface area contributed by atoms with E-state index in [1.165, 1.54) is 24.5 Å². The summed E-state index contributed by atoms with van der Waals surface area (Å²) in [5.41, 5.74) is 1.08. The molecule has 0 bridgehead atoms. The number of carbonyl (C=O) groups is 1. The van der Waals surface area contributed by atoms with Crippen LogP contribution in [0.5, 0.6) is 0 Å². The lowest BCUT2D eigenvalue weighted by molar-refractivity contribution is 0.0949. The topological polar surface area (TPSA) is 75.1 Å². The van der Waals surface area contributed by atoms with Crippen LogP contribution in [0, 0.1) is 5.82 Å². The first-order chi connectivity index (χ1) is 12.1. The highest BCUT2D eigenvalue weighted by molar-refractivity contribution is 5.94. The lowest BCUT2D eigenvalue weighted by Gasteiger charge is -2.05. The lowest BCUT2D eigenvalue weighted by Crippen LogP contribution is -2.31. The monoisotopic (exact) mass is 338 g/mol. The number of halogens is 1. The third-order valence-electron chi connectivity index (χ3n) is 4.35. The summed E-state index contributed by atoms with van der Waals surface area (Å²) in [6.45, 7) is 0. The number of hydrogen-bond donors (Lipinski definition) is 2. The van der Waals surface area contributed by atoms with E-state index in [4.69, 9.17) is 4.42 Å². The number of carbonyl (C=O) groups excluding carboxylic acids is 1. The van der Waals surface area contributed by atoms with E-state index < -0.39 is 11.5 Å². The second kappa shape index (κ2) is 6.05. The van der Waals surface area contributed by atoms with E-state index in [2.05, 4.69) is 10.3 Å². The fraction of sp³-hybridized carbons (Fsp3) is 0.158. The number of benzene rings is 1. The quantitative estimate of drug-likeness (QED) is 0.768. The summed E-state index contributed by atoms with van der Waals surface area (Å²) in [5, 5.41) is 2.85. The van der Waals surface area contributed by atoms with Gasteiger partial charge >= 0.3 is 0 Å². The second-order valence-corrected chi connectivity index (χ2v) is 6.07. The SMILES string of the molecule is O=C(NC1CC1c1ccc(F)cc1)c1ccc(-c2ccco2)[nH]c1=O. The summed E-state index contributed by atoms with van der Waals surface area (Å²) in [6.07, 6.45) is 2.29. The van der Waals surface area contributed by atoms with Gasteiger partial charge in [-0.05, 0) is 48.4 Å². The molecule has 0 spiro atoms. The maximum atomic E-state index is 13.0. The summed E-state index contributed by atoms with van der Waals surface area (Å²) in [6, 6.07) is 12.8. The van der Waals surface area contributed by atoms with E-state index in [0.29, 0.717) is 11.5 Å². The Hall–Kier alpha value is -3.15. The fourth-order valence-corrected chi connectivity index (χ4v) is 2.91.